The number of thiol groups is 1. The molecule has 0 aliphatic heterocycles. The minimum Gasteiger partial charge on any atom is -0.480 e. The van der Waals surface area contributed by atoms with Crippen LogP contribution in [-0.2, 0) is 14.4 Å². The Morgan fingerprint density at radius 2 is 1.24 bits per heavy atom. The number of carbonyl (C=O) groups is 3. The molecule has 3 unspecified atom stereocenters. The van der Waals surface area contributed by atoms with Crippen LogP contribution in [0.2, 0.25) is 0 Å². The summed E-state index contributed by atoms with van der Waals surface area (Å²) in [5, 5.41) is 40.5. The third kappa shape index (κ3) is 8.45. The number of hydrogen-bond acceptors (Lipinski definition) is 7. The molecule has 3 atom stereocenters. The average molecular weight is 271 g/mol. The monoisotopic (exact) mass is 271 g/mol. The predicted molar refractivity (Wildman–Crippen MR) is 56.7 cm³/mol. The minimum absolute atomic E-state index is 0.190. The molecule has 0 aromatic carbocycles. The Morgan fingerprint density at radius 1 is 0.941 bits per heavy atom. The van der Waals surface area contributed by atoms with Gasteiger partial charge in [0.25, 0.3) is 0 Å². The van der Waals surface area contributed by atoms with Gasteiger partial charge in [0.1, 0.15) is 6.04 Å². The zero-order valence-electron chi connectivity index (χ0n) is 8.42. The molecule has 0 fully saturated rings. The lowest BCUT2D eigenvalue weighted by Gasteiger charge is -2.07. The molecular formula is C7H13NO8S. The highest BCUT2D eigenvalue weighted by Crippen LogP contribution is 1.92. The zero-order valence-corrected chi connectivity index (χ0v) is 9.32. The van der Waals surface area contributed by atoms with Crippen molar-refractivity contribution in [1.82, 2.24) is 0 Å². The second kappa shape index (κ2) is 8.75. The molecule has 0 aromatic rings. The number of aliphatic hydroxyl groups excluding tert-OH is 2. The molecule has 0 radical (unpaired) electrons. The molecule has 0 saturated carbocycles. The van der Waals surface area contributed by atoms with Crippen LogP contribution in [0, 0.1) is 0 Å². The predicted octanol–water partition coefficient (Wildman–Crippen LogP) is -2.79. The largest absolute Gasteiger partial charge is 0.480 e. The van der Waals surface area contributed by atoms with Gasteiger partial charge < -0.3 is 31.3 Å². The summed E-state index contributed by atoms with van der Waals surface area (Å²) in [6.45, 7) is 0. The van der Waals surface area contributed by atoms with E-state index in [2.05, 4.69) is 12.6 Å². The summed E-state index contributed by atoms with van der Waals surface area (Å²) in [5.74, 6) is -4.35. The average Bonchev–Trinajstić information content (AvgIpc) is 2.26. The van der Waals surface area contributed by atoms with Gasteiger partial charge in [-0.15, -0.1) is 0 Å². The van der Waals surface area contributed by atoms with Gasteiger partial charge in [0, 0.05) is 5.75 Å². The summed E-state index contributed by atoms with van der Waals surface area (Å²) < 4.78 is 0. The van der Waals surface area contributed by atoms with Crippen LogP contribution in [0.5, 0.6) is 0 Å². The van der Waals surface area contributed by atoms with Crippen LogP contribution in [0.4, 0.5) is 0 Å². The number of carboxylic acid groups (broad SMARTS) is 3. The first-order chi connectivity index (χ1) is 7.64. The Bertz CT molecular complexity index is 265. The van der Waals surface area contributed by atoms with Gasteiger partial charge in [-0.3, -0.25) is 4.79 Å². The maximum atomic E-state index is 9.77. The zero-order chi connectivity index (χ0) is 14.2. The minimum atomic E-state index is -2.27. The van der Waals surface area contributed by atoms with Crippen molar-refractivity contribution in [3.8, 4) is 0 Å². The van der Waals surface area contributed by atoms with Gasteiger partial charge >= 0.3 is 17.9 Å². The van der Waals surface area contributed by atoms with E-state index in [4.69, 9.17) is 31.3 Å². The first-order valence-electron chi connectivity index (χ1n) is 4.06. The van der Waals surface area contributed by atoms with Gasteiger partial charge in [-0.05, 0) is 0 Å². The van der Waals surface area contributed by atoms with Crippen molar-refractivity contribution in [3.63, 3.8) is 0 Å². The molecule has 0 aliphatic rings. The molecule has 100 valence electrons. The quantitative estimate of drug-likeness (QED) is 0.260. The fourth-order valence-corrected chi connectivity index (χ4v) is 0.504. The molecule has 0 aromatic heterocycles. The lowest BCUT2D eigenvalue weighted by atomic mass is 10.2. The highest BCUT2D eigenvalue weighted by atomic mass is 32.1. The van der Waals surface area contributed by atoms with E-state index in [1.165, 1.54) is 0 Å². The first kappa shape index (κ1) is 18.0. The van der Waals surface area contributed by atoms with Gasteiger partial charge in [-0.1, -0.05) is 0 Å². The van der Waals surface area contributed by atoms with Crippen molar-refractivity contribution in [1.29, 1.82) is 0 Å². The second-order valence-corrected chi connectivity index (χ2v) is 3.06. The van der Waals surface area contributed by atoms with Gasteiger partial charge in [-0.2, -0.15) is 12.6 Å². The van der Waals surface area contributed by atoms with Crippen LogP contribution >= 0.6 is 12.6 Å². The smallest absolute Gasteiger partial charge is 0.335 e. The molecule has 10 heteroatoms. The maximum Gasteiger partial charge on any atom is 0.335 e. The molecule has 17 heavy (non-hydrogen) atoms. The van der Waals surface area contributed by atoms with Crippen molar-refractivity contribution in [2.75, 3.05) is 5.75 Å². The van der Waals surface area contributed by atoms with Crippen LogP contribution in [0.25, 0.3) is 0 Å². The van der Waals surface area contributed by atoms with E-state index in [0.29, 0.717) is 0 Å². The maximum absolute atomic E-state index is 9.77. The van der Waals surface area contributed by atoms with Crippen molar-refractivity contribution >= 4 is 30.5 Å². The number of carboxylic acids is 3. The van der Waals surface area contributed by atoms with Gasteiger partial charge in [0.2, 0.25) is 0 Å². The van der Waals surface area contributed by atoms with Crippen molar-refractivity contribution in [3.05, 3.63) is 0 Å². The Kier molecular flexibility index (Phi) is 9.28. The van der Waals surface area contributed by atoms with Crippen LogP contribution < -0.4 is 5.73 Å². The first-order valence-corrected chi connectivity index (χ1v) is 4.69. The van der Waals surface area contributed by atoms with Crippen molar-refractivity contribution < 1.29 is 39.9 Å². The van der Waals surface area contributed by atoms with E-state index in [9.17, 15) is 14.4 Å². The fraction of sp³-hybridized carbons (Fsp3) is 0.571. The second-order valence-electron chi connectivity index (χ2n) is 2.69. The normalized spacial score (nSPS) is 14.8. The molecule has 0 amide bonds. The molecule has 9 nitrogen and oxygen atoms in total. The lowest BCUT2D eigenvalue weighted by Crippen LogP contribution is -2.39. The Balaban J connectivity index is 0. The fourth-order valence-electron chi connectivity index (χ4n) is 0.348. The highest BCUT2D eigenvalue weighted by Gasteiger charge is 2.29. The molecule has 7 N–H and O–H groups in total. The molecular weight excluding hydrogens is 258 g/mol. The van der Waals surface area contributed by atoms with Gasteiger partial charge in [0.15, 0.2) is 12.2 Å². The van der Waals surface area contributed by atoms with Gasteiger partial charge in [0.05, 0.1) is 0 Å². The number of nitrogens with two attached hydrogens (primary N) is 1. The summed E-state index contributed by atoms with van der Waals surface area (Å²) >= 11 is 3.65. The van der Waals surface area contributed by atoms with E-state index in [1.807, 2.05) is 0 Å². The Labute approximate surface area is 101 Å². The third-order valence-electron chi connectivity index (χ3n) is 1.32. The standard InChI is InChI=1S/C4H6O6.C3H7NO2S/c5-1(3(7)8)2(6)4(9)10;4-2(1-7)3(5)6/h1-2,5-6H,(H,7,8)(H,9,10);2,7H,1,4H2,(H,5,6). The number of rotatable bonds is 5. The van der Waals surface area contributed by atoms with E-state index >= 15 is 0 Å². The summed E-state index contributed by atoms with van der Waals surface area (Å²) in [7, 11) is 0. The SMILES string of the molecule is NC(CS)C(=O)O.O=C(O)C(O)C(O)C(=O)O. The number of aliphatic carboxylic acids is 3. The van der Waals surface area contributed by atoms with Crippen LogP contribution in [0.1, 0.15) is 0 Å². The Hall–Kier alpha value is -1.36. The van der Waals surface area contributed by atoms with Gasteiger partial charge in [-0.25, -0.2) is 9.59 Å². The van der Waals surface area contributed by atoms with Crippen LogP contribution in [-0.4, -0.2) is 67.4 Å². The molecule has 0 aliphatic carbocycles. The summed E-state index contributed by atoms with van der Waals surface area (Å²) in [4.78, 5) is 29.3. The summed E-state index contributed by atoms with van der Waals surface area (Å²) in [5.41, 5.74) is 4.94. The highest BCUT2D eigenvalue weighted by molar-refractivity contribution is 7.80. The molecule has 0 spiro atoms. The van der Waals surface area contributed by atoms with E-state index < -0.39 is 36.2 Å². The van der Waals surface area contributed by atoms with Crippen molar-refractivity contribution in [2.24, 2.45) is 5.73 Å². The number of hydrogen-bond donors (Lipinski definition) is 7. The molecule has 0 saturated heterocycles. The van der Waals surface area contributed by atoms with E-state index in [0.717, 1.165) is 0 Å². The van der Waals surface area contributed by atoms with Crippen LogP contribution in [0.3, 0.4) is 0 Å². The van der Waals surface area contributed by atoms with Crippen molar-refractivity contribution in [2.45, 2.75) is 18.2 Å². The number of aliphatic hydroxyl groups is 2. The van der Waals surface area contributed by atoms with E-state index in [-0.39, 0.29) is 5.75 Å². The summed E-state index contributed by atoms with van der Waals surface area (Å²) in [6, 6.07) is -0.816. The van der Waals surface area contributed by atoms with E-state index in [1.54, 1.807) is 0 Å². The molecule has 0 rings (SSSR count). The topological polar surface area (TPSA) is 178 Å². The molecule has 0 heterocycles. The Morgan fingerprint density at radius 3 is 1.29 bits per heavy atom. The van der Waals surface area contributed by atoms with Crippen LogP contribution in [0.15, 0.2) is 0 Å². The third-order valence-corrected chi connectivity index (χ3v) is 1.71. The lowest BCUT2D eigenvalue weighted by molar-refractivity contribution is -0.165. The summed E-state index contributed by atoms with van der Waals surface area (Å²) in [6.07, 6.45) is -4.53. The molecule has 0 bridgehead atoms.